The van der Waals surface area contributed by atoms with Crippen molar-refractivity contribution in [3.05, 3.63) is 59.2 Å². The molecule has 1 fully saturated rings. The molecular weight excluding hydrogens is 328 g/mol. The standard InChI is InChI=1S/C21H24N2O3/c1-16-4-2-3-5-18(16)13-21(24)23-10-8-22(9-11-23)14-17-6-7-19-20(12-17)26-15-25-19/h2-7,12H,8-11,13-15H2,1H3. The van der Waals surface area contributed by atoms with Crippen molar-refractivity contribution in [2.75, 3.05) is 33.0 Å². The predicted octanol–water partition coefficient (Wildman–Crippen LogP) is 2.61. The van der Waals surface area contributed by atoms with E-state index in [4.69, 9.17) is 9.47 Å². The molecule has 0 radical (unpaired) electrons. The Hall–Kier alpha value is -2.53. The van der Waals surface area contributed by atoms with Crippen LogP contribution in [0.25, 0.3) is 0 Å². The monoisotopic (exact) mass is 352 g/mol. The van der Waals surface area contributed by atoms with Gasteiger partial charge in [0, 0.05) is 32.7 Å². The molecule has 0 atom stereocenters. The van der Waals surface area contributed by atoms with Gasteiger partial charge in [-0.15, -0.1) is 0 Å². The first kappa shape index (κ1) is 16.9. The third-order valence-electron chi connectivity index (χ3n) is 5.17. The van der Waals surface area contributed by atoms with Crippen molar-refractivity contribution in [1.82, 2.24) is 9.80 Å². The van der Waals surface area contributed by atoms with Gasteiger partial charge in [-0.1, -0.05) is 30.3 Å². The third kappa shape index (κ3) is 3.68. The molecule has 0 N–H and O–H groups in total. The Balaban J connectivity index is 1.30. The molecule has 0 saturated carbocycles. The second-order valence-electron chi connectivity index (χ2n) is 6.95. The number of hydrogen-bond donors (Lipinski definition) is 0. The van der Waals surface area contributed by atoms with Crippen LogP contribution in [-0.4, -0.2) is 48.7 Å². The van der Waals surface area contributed by atoms with Crippen molar-refractivity contribution in [2.45, 2.75) is 19.9 Å². The molecule has 2 aliphatic heterocycles. The summed E-state index contributed by atoms with van der Waals surface area (Å²) in [5, 5.41) is 0. The molecule has 5 nitrogen and oxygen atoms in total. The van der Waals surface area contributed by atoms with Gasteiger partial charge in [-0.2, -0.15) is 0 Å². The van der Waals surface area contributed by atoms with Gasteiger partial charge in [0.05, 0.1) is 6.42 Å². The van der Waals surface area contributed by atoms with E-state index in [9.17, 15) is 4.79 Å². The van der Waals surface area contributed by atoms with Crippen LogP contribution in [0.3, 0.4) is 0 Å². The SMILES string of the molecule is Cc1ccccc1CC(=O)N1CCN(Cc2ccc3c(c2)OCO3)CC1. The summed E-state index contributed by atoms with van der Waals surface area (Å²) in [4.78, 5) is 17.0. The van der Waals surface area contributed by atoms with Gasteiger partial charge in [0.1, 0.15) is 0 Å². The maximum absolute atomic E-state index is 12.6. The number of nitrogens with zero attached hydrogens (tertiary/aromatic N) is 2. The summed E-state index contributed by atoms with van der Waals surface area (Å²) in [5.41, 5.74) is 3.52. The number of carbonyl (C=O) groups is 1. The smallest absolute Gasteiger partial charge is 0.231 e. The highest BCUT2D eigenvalue weighted by Gasteiger charge is 2.22. The normalized spacial score (nSPS) is 16.7. The van der Waals surface area contributed by atoms with Crippen LogP contribution in [-0.2, 0) is 17.8 Å². The van der Waals surface area contributed by atoms with E-state index in [-0.39, 0.29) is 5.91 Å². The van der Waals surface area contributed by atoms with Crippen LogP contribution in [0.15, 0.2) is 42.5 Å². The van der Waals surface area contributed by atoms with E-state index in [2.05, 4.69) is 30.0 Å². The second-order valence-corrected chi connectivity index (χ2v) is 6.95. The van der Waals surface area contributed by atoms with Gasteiger partial charge >= 0.3 is 0 Å². The predicted molar refractivity (Wildman–Crippen MR) is 99.3 cm³/mol. The van der Waals surface area contributed by atoms with Gasteiger partial charge in [0.15, 0.2) is 11.5 Å². The molecule has 4 rings (SSSR count). The van der Waals surface area contributed by atoms with Gasteiger partial charge in [-0.05, 0) is 35.7 Å². The summed E-state index contributed by atoms with van der Waals surface area (Å²) in [6.07, 6.45) is 0.495. The number of carbonyl (C=O) groups excluding carboxylic acids is 1. The quantitative estimate of drug-likeness (QED) is 0.848. The maximum atomic E-state index is 12.6. The van der Waals surface area contributed by atoms with Crippen LogP contribution in [0.4, 0.5) is 0 Å². The van der Waals surface area contributed by atoms with Crippen LogP contribution in [0.2, 0.25) is 0 Å². The molecular formula is C21H24N2O3. The highest BCUT2D eigenvalue weighted by Crippen LogP contribution is 2.32. The zero-order valence-electron chi connectivity index (χ0n) is 15.1. The zero-order chi connectivity index (χ0) is 17.9. The lowest BCUT2D eigenvalue weighted by Gasteiger charge is -2.35. The first-order valence-corrected chi connectivity index (χ1v) is 9.12. The molecule has 0 aromatic heterocycles. The van der Waals surface area contributed by atoms with E-state index in [1.165, 1.54) is 11.1 Å². The van der Waals surface area contributed by atoms with E-state index in [0.29, 0.717) is 13.2 Å². The minimum atomic E-state index is 0.224. The highest BCUT2D eigenvalue weighted by molar-refractivity contribution is 5.79. The van der Waals surface area contributed by atoms with Gasteiger partial charge in [-0.25, -0.2) is 0 Å². The molecule has 2 aliphatic rings. The van der Waals surface area contributed by atoms with Crippen molar-refractivity contribution in [3.63, 3.8) is 0 Å². The van der Waals surface area contributed by atoms with Crippen molar-refractivity contribution in [2.24, 2.45) is 0 Å². The maximum Gasteiger partial charge on any atom is 0.231 e. The molecule has 26 heavy (non-hydrogen) atoms. The minimum Gasteiger partial charge on any atom is -0.454 e. The van der Waals surface area contributed by atoms with Gasteiger partial charge < -0.3 is 14.4 Å². The average molecular weight is 352 g/mol. The summed E-state index contributed by atoms with van der Waals surface area (Å²) in [6, 6.07) is 14.2. The van der Waals surface area contributed by atoms with Crippen molar-refractivity contribution in [1.29, 1.82) is 0 Å². The van der Waals surface area contributed by atoms with E-state index in [1.54, 1.807) is 0 Å². The van der Waals surface area contributed by atoms with Crippen LogP contribution in [0.5, 0.6) is 11.5 Å². The van der Waals surface area contributed by atoms with Crippen LogP contribution in [0.1, 0.15) is 16.7 Å². The third-order valence-corrected chi connectivity index (χ3v) is 5.17. The van der Waals surface area contributed by atoms with Gasteiger partial charge in [0.2, 0.25) is 12.7 Å². The lowest BCUT2D eigenvalue weighted by molar-refractivity contribution is -0.132. The molecule has 0 aliphatic carbocycles. The molecule has 1 saturated heterocycles. The van der Waals surface area contributed by atoms with Crippen molar-refractivity contribution >= 4 is 5.91 Å². The van der Waals surface area contributed by atoms with Crippen LogP contribution >= 0.6 is 0 Å². The molecule has 5 heteroatoms. The Labute approximate surface area is 154 Å². The summed E-state index contributed by atoms with van der Waals surface area (Å²) in [5.74, 6) is 1.87. The Morgan fingerprint density at radius 3 is 2.58 bits per heavy atom. The fourth-order valence-corrected chi connectivity index (χ4v) is 3.54. The van der Waals surface area contributed by atoms with E-state index in [1.807, 2.05) is 29.2 Å². The molecule has 1 amide bonds. The fourth-order valence-electron chi connectivity index (χ4n) is 3.54. The molecule has 2 aromatic rings. The minimum absolute atomic E-state index is 0.224. The Morgan fingerprint density at radius 2 is 1.77 bits per heavy atom. The number of benzene rings is 2. The lowest BCUT2D eigenvalue weighted by atomic mass is 10.1. The van der Waals surface area contributed by atoms with E-state index >= 15 is 0 Å². The van der Waals surface area contributed by atoms with Gasteiger partial charge in [-0.3, -0.25) is 9.69 Å². The van der Waals surface area contributed by atoms with Gasteiger partial charge in [0.25, 0.3) is 0 Å². The van der Waals surface area contributed by atoms with E-state index < -0.39 is 0 Å². The molecule has 2 aromatic carbocycles. The number of amides is 1. The lowest BCUT2D eigenvalue weighted by Crippen LogP contribution is -2.48. The number of aryl methyl sites for hydroxylation is 1. The number of fused-ring (bicyclic) bond motifs is 1. The summed E-state index contributed by atoms with van der Waals surface area (Å²) in [6.45, 7) is 6.61. The first-order chi connectivity index (χ1) is 12.7. The summed E-state index contributed by atoms with van der Waals surface area (Å²) >= 11 is 0. The second kappa shape index (κ2) is 7.38. The zero-order valence-corrected chi connectivity index (χ0v) is 15.1. The molecule has 0 bridgehead atoms. The molecule has 0 spiro atoms. The van der Waals surface area contributed by atoms with Crippen molar-refractivity contribution in [3.8, 4) is 11.5 Å². The Kier molecular flexibility index (Phi) is 4.80. The molecule has 2 heterocycles. The Morgan fingerprint density at radius 1 is 1.00 bits per heavy atom. The molecule has 136 valence electrons. The van der Waals surface area contributed by atoms with E-state index in [0.717, 1.165) is 49.8 Å². The number of rotatable bonds is 4. The average Bonchev–Trinajstić information content (AvgIpc) is 3.12. The fraction of sp³-hybridized carbons (Fsp3) is 0.381. The highest BCUT2D eigenvalue weighted by atomic mass is 16.7. The summed E-state index contributed by atoms with van der Waals surface area (Å²) in [7, 11) is 0. The topological polar surface area (TPSA) is 42.0 Å². The molecule has 0 unspecified atom stereocenters. The number of hydrogen-bond acceptors (Lipinski definition) is 4. The van der Waals surface area contributed by atoms with Crippen LogP contribution < -0.4 is 9.47 Å². The first-order valence-electron chi connectivity index (χ1n) is 9.12. The number of ether oxygens (including phenoxy) is 2. The summed E-state index contributed by atoms with van der Waals surface area (Å²) < 4.78 is 10.8. The largest absolute Gasteiger partial charge is 0.454 e. The Bertz CT molecular complexity index is 798. The van der Waals surface area contributed by atoms with Crippen LogP contribution in [0, 0.1) is 6.92 Å². The van der Waals surface area contributed by atoms with Crippen molar-refractivity contribution < 1.29 is 14.3 Å². The number of piperazine rings is 1.